The molecule has 0 radical (unpaired) electrons. The molecule has 3 heterocycles. The Balaban J connectivity index is 1.61. The predicted octanol–water partition coefficient (Wildman–Crippen LogP) is 1.42. The van der Waals surface area contributed by atoms with Crippen LogP contribution in [-0.2, 0) is 14.3 Å². The van der Waals surface area contributed by atoms with Gasteiger partial charge in [-0.1, -0.05) is 12.1 Å². The number of hydrogen-bond acceptors (Lipinski definition) is 6. The minimum Gasteiger partial charge on any atom is -0.376 e. The Hall–Kier alpha value is -2.51. The van der Waals surface area contributed by atoms with Crippen molar-refractivity contribution in [3.05, 3.63) is 48.4 Å². The normalized spacial score (nSPS) is 24.0. The average molecular weight is 354 g/mol. The van der Waals surface area contributed by atoms with Crippen LogP contribution in [0.3, 0.4) is 0 Å². The molecule has 2 aromatic rings. The topological polar surface area (TPSA) is 67.8 Å². The zero-order valence-electron chi connectivity index (χ0n) is 14.8. The molecule has 0 N–H and O–H groups in total. The first-order chi connectivity index (χ1) is 12.7. The van der Waals surface area contributed by atoms with Crippen LogP contribution in [0.5, 0.6) is 0 Å². The lowest BCUT2D eigenvalue weighted by atomic mass is 10.0. The highest BCUT2D eigenvalue weighted by Gasteiger charge is 2.43. The van der Waals surface area contributed by atoms with Gasteiger partial charge in [0, 0.05) is 18.4 Å². The summed E-state index contributed by atoms with van der Waals surface area (Å²) in [7, 11) is 0. The first-order valence-corrected chi connectivity index (χ1v) is 8.75. The fraction of sp³-hybridized carbons (Fsp3) is 0.421. The molecule has 0 bridgehead atoms. The molecule has 136 valence electrons. The molecule has 1 amide bonds. The van der Waals surface area contributed by atoms with E-state index in [1.165, 1.54) is 6.33 Å². The number of rotatable bonds is 2. The fourth-order valence-electron chi connectivity index (χ4n) is 3.50. The lowest BCUT2D eigenvalue weighted by Gasteiger charge is -2.43. The van der Waals surface area contributed by atoms with E-state index in [1.807, 2.05) is 42.2 Å². The average Bonchev–Trinajstić information content (AvgIpc) is 2.87. The molecule has 2 saturated heterocycles. The molecule has 2 aliphatic rings. The van der Waals surface area contributed by atoms with Crippen LogP contribution in [0.2, 0.25) is 0 Å². The highest BCUT2D eigenvalue weighted by molar-refractivity contribution is 5.95. The minimum atomic E-state index is -0.584. The second-order valence-electron chi connectivity index (χ2n) is 6.83. The maximum Gasteiger partial charge on any atom is 0.253 e. The molecule has 2 aliphatic heterocycles. The van der Waals surface area contributed by atoms with Crippen molar-refractivity contribution in [2.24, 2.45) is 0 Å². The molecular weight excluding hydrogens is 332 g/mol. The van der Waals surface area contributed by atoms with Crippen molar-refractivity contribution in [3.8, 4) is 0 Å². The third-order valence-corrected chi connectivity index (χ3v) is 4.80. The van der Waals surface area contributed by atoms with Crippen molar-refractivity contribution in [1.29, 1.82) is 0 Å². The minimum absolute atomic E-state index is 0.0286. The second kappa shape index (κ2) is 7.01. The molecular formula is C19H22N4O3. The van der Waals surface area contributed by atoms with Crippen LogP contribution < -0.4 is 9.80 Å². The van der Waals surface area contributed by atoms with E-state index in [9.17, 15) is 4.79 Å². The van der Waals surface area contributed by atoms with Gasteiger partial charge in [-0.15, -0.1) is 0 Å². The maximum absolute atomic E-state index is 12.5. The summed E-state index contributed by atoms with van der Waals surface area (Å²) in [6.45, 7) is 4.90. The van der Waals surface area contributed by atoms with Crippen LogP contribution in [-0.4, -0.2) is 60.9 Å². The van der Waals surface area contributed by atoms with Gasteiger partial charge in [0.1, 0.15) is 24.4 Å². The molecule has 2 fully saturated rings. The number of aryl methyl sites for hydroxylation is 1. The fourth-order valence-corrected chi connectivity index (χ4v) is 3.50. The zero-order chi connectivity index (χ0) is 18.0. The van der Waals surface area contributed by atoms with E-state index < -0.39 is 5.60 Å². The van der Waals surface area contributed by atoms with Gasteiger partial charge in [-0.2, -0.15) is 0 Å². The molecule has 7 heteroatoms. The summed E-state index contributed by atoms with van der Waals surface area (Å²) >= 11 is 0. The third kappa shape index (κ3) is 3.40. The first kappa shape index (κ1) is 16.9. The molecule has 1 atom stereocenters. The van der Waals surface area contributed by atoms with Crippen LogP contribution in [0, 0.1) is 6.92 Å². The smallest absolute Gasteiger partial charge is 0.253 e. The van der Waals surface area contributed by atoms with Crippen molar-refractivity contribution >= 4 is 17.4 Å². The van der Waals surface area contributed by atoms with E-state index in [2.05, 4.69) is 14.9 Å². The van der Waals surface area contributed by atoms with Gasteiger partial charge in [-0.25, -0.2) is 9.97 Å². The molecule has 26 heavy (non-hydrogen) atoms. The number of carbonyl (C=O) groups excluding carboxylic acids is 1. The second-order valence-corrected chi connectivity index (χ2v) is 6.83. The summed E-state index contributed by atoms with van der Waals surface area (Å²) in [4.78, 5) is 24.8. The van der Waals surface area contributed by atoms with E-state index in [0.29, 0.717) is 26.3 Å². The maximum atomic E-state index is 12.5. The molecule has 4 rings (SSSR count). The van der Waals surface area contributed by atoms with E-state index >= 15 is 0 Å². The lowest BCUT2D eigenvalue weighted by molar-refractivity contribution is -0.143. The summed E-state index contributed by atoms with van der Waals surface area (Å²) in [5.41, 5.74) is 1.44. The van der Waals surface area contributed by atoms with Gasteiger partial charge in [-0.3, -0.25) is 4.79 Å². The van der Waals surface area contributed by atoms with Gasteiger partial charge in [0.25, 0.3) is 5.91 Å². The van der Waals surface area contributed by atoms with Crippen LogP contribution in [0.1, 0.15) is 5.56 Å². The molecule has 0 unspecified atom stereocenters. The molecule has 7 nitrogen and oxygen atoms in total. The Morgan fingerprint density at radius 3 is 2.96 bits per heavy atom. The number of nitrogens with zero attached hydrogens (tertiary/aromatic N) is 4. The van der Waals surface area contributed by atoms with E-state index in [4.69, 9.17) is 9.47 Å². The number of carbonyl (C=O) groups is 1. The Bertz CT molecular complexity index is 785. The molecule has 0 saturated carbocycles. The molecule has 1 aromatic heterocycles. The van der Waals surface area contributed by atoms with Crippen molar-refractivity contribution in [2.45, 2.75) is 12.5 Å². The largest absolute Gasteiger partial charge is 0.376 e. The third-order valence-electron chi connectivity index (χ3n) is 4.80. The van der Waals surface area contributed by atoms with Crippen molar-refractivity contribution in [3.63, 3.8) is 0 Å². The number of morpholine rings is 1. The summed E-state index contributed by atoms with van der Waals surface area (Å²) < 4.78 is 11.9. The van der Waals surface area contributed by atoms with Crippen LogP contribution >= 0.6 is 0 Å². The summed E-state index contributed by atoms with van der Waals surface area (Å²) in [6, 6.07) is 9.86. The van der Waals surface area contributed by atoms with Gasteiger partial charge in [0.2, 0.25) is 0 Å². The van der Waals surface area contributed by atoms with E-state index in [0.717, 1.165) is 23.6 Å². The lowest BCUT2D eigenvalue weighted by Crippen LogP contribution is -2.61. The Labute approximate surface area is 152 Å². The Morgan fingerprint density at radius 1 is 1.23 bits per heavy atom. The van der Waals surface area contributed by atoms with E-state index in [1.54, 1.807) is 6.20 Å². The molecule has 1 aromatic carbocycles. The van der Waals surface area contributed by atoms with Gasteiger partial charge < -0.3 is 19.3 Å². The highest BCUT2D eigenvalue weighted by Crippen LogP contribution is 2.28. The summed E-state index contributed by atoms with van der Waals surface area (Å²) in [6.07, 6.45) is 3.27. The van der Waals surface area contributed by atoms with Gasteiger partial charge in [-0.05, 0) is 30.7 Å². The van der Waals surface area contributed by atoms with Crippen LogP contribution in [0.4, 0.5) is 11.5 Å². The van der Waals surface area contributed by atoms with Crippen molar-refractivity contribution in [1.82, 2.24) is 9.97 Å². The van der Waals surface area contributed by atoms with Crippen LogP contribution in [0.25, 0.3) is 0 Å². The highest BCUT2D eigenvalue weighted by atomic mass is 16.6. The summed E-state index contributed by atoms with van der Waals surface area (Å²) in [5.74, 6) is 0.812. The number of amides is 1. The predicted molar refractivity (Wildman–Crippen MR) is 97.3 cm³/mol. The van der Waals surface area contributed by atoms with Gasteiger partial charge in [0.15, 0.2) is 0 Å². The number of ether oxygens (including phenoxy) is 2. The van der Waals surface area contributed by atoms with Crippen molar-refractivity contribution in [2.75, 3.05) is 49.3 Å². The van der Waals surface area contributed by atoms with Crippen LogP contribution in [0.15, 0.2) is 42.9 Å². The monoisotopic (exact) mass is 354 g/mol. The first-order valence-electron chi connectivity index (χ1n) is 8.75. The Morgan fingerprint density at radius 2 is 2.15 bits per heavy atom. The molecule has 1 spiro atoms. The number of benzene rings is 1. The van der Waals surface area contributed by atoms with Crippen molar-refractivity contribution < 1.29 is 14.3 Å². The SMILES string of the molecule is Cc1cccc(N2C[C@@]3(COCCN(c4ccncn4)C3)OCC2=O)c1. The molecule has 0 aliphatic carbocycles. The van der Waals surface area contributed by atoms with Gasteiger partial charge in [0.05, 0.1) is 26.3 Å². The number of hydrogen-bond donors (Lipinski definition) is 0. The van der Waals surface area contributed by atoms with Gasteiger partial charge >= 0.3 is 0 Å². The van der Waals surface area contributed by atoms with E-state index in [-0.39, 0.29) is 12.5 Å². The number of anilines is 2. The number of aromatic nitrogens is 2. The standard InChI is InChI=1S/C19H22N4O3/c1-15-3-2-4-16(9-15)23-12-19(26-10-18(23)24)11-22(7-8-25-13-19)17-5-6-20-14-21-17/h2-6,9,14H,7-8,10-13H2,1H3/t19-/m0/s1. The quantitative estimate of drug-likeness (QED) is 0.813. The summed E-state index contributed by atoms with van der Waals surface area (Å²) in [5, 5.41) is 0. The zero-order valence-corrected chi connectivity index (χ0v) is 14.8. The Kier molecular flexibility index (Phi) is 4.57.